The summed E-state index contributed by atoms with van der Waals surface area (Å²) in [7, 11) is -0.922. The van der Waals surface area contributed by atoms with E-state index in [9.17, 15) is 9.18 Å². The molecule has 21 heavy (non-hydrogen) atoms. The summed E-state index contributed by atoms with van der Waals surface area (Å²) in [4.78, 5) is 13.2. The van der Waals surface area contributed by atoms with Crippen LogP contribution in [-0.2, 0) is 14.1 Å². The van der Waals surface area contributed by atoms with Crippen LogP contribution < -0.4 is 0 Å². The highest BCUT2D eigenvalue weighted by atomic mass is 19.1. The van der Waals surface area contributed by atoms with Gasteiger partial charge in [-0.15, -0.1) is 0 Å². The van der Waals surface area contributed by atoms with E-state index in [1.54, 1.807) is 11.8 Å². The molecule has 2 fully saturated rings. The van der Waals surface area contributed by atoms with Crippen LogP contribution in [0, 0.1) is 0 Å². The molecule has 0 bridgehead atoms. The predicted molar refractivity (Wildman–Crippen MR) is 80.3 cm³/mol. The molecule has 2 aliphatic heterocycles. The third-order valence-corrected chi connectivity index (χ3v) is 4.83. The molecule has 1 amide bonds. The van der Waals surface area contributed by atoms with Crippen molar-refractivity contribution in [3.8, 4) is 0 Å². The summed E-state index contributed by atoms with van der Waals surface area (Å²) in [6, 6.07) is 0. The maximum absolute atomic E-state index is 14.7. The van der Waals surface area contributed by atoms with Crippen LogP contribution in [0.25, 0.3) is 0 Å². The Bertz CT molecular complexity index is 446. The maximum atomic E-state index is 14.7. The minimum Gasteiger partial charge on any atom is -0.398 e. The third kappa shape index (κ3) is 3.32. The molecule has 0 aromatic carbocycles. The molecule has 0 aliphatic carbocycles. The van der Waals surface area contributed by atoms with Crippen molar-refractivity contribution in [2.24, 2.45) is 0 Å². The van der Waals surface area contributed by atoms with Crippen LogP contribution in [-0.4, -0.2) is 42.2 Å². The Kier molecular flexibility index (Phi) is 4.50. The molecule has 2 aliphatic rings. The van der Waals surface area contributed by atoms with Crippen LogP contribution >= 0.6 is 0 Å². The number of likely N-dealkylation sites (tertiary alicyclic amines) is 1. The first-order chi connectivity index (χ1) is 9.64. The zero-order valence-electron chi connectivity index (χ0n) is 13.7. The Balaban J connectivity index is 2.12. The SMILES string of the molecule is CC(=O)N1CCCC(=C(F)B2OC(C)(C)C(C)(C)O2)CC1. The van der Waals surface area contributed by atoms with Crippen LogP contribution in [0.15, 0.2) is 11.3 Å². The summed E-state index contributed by atoms with van der Waals surface area (Å²) >= 11 is 0. The van der Waals surface area contributed by atoms with Gasteiger partial charge in [0.1, 0.15) is 5.73 Å². The summed E-state index contributed by atoms with van der Waals surface area (Å²) in [6.07, 6.45) is 1.98. The first-order valence-corrected chi connectivity index (χ1v) is 7.62. The highest BCUT2D eigenvalue weighted by molar-refractivity contribution is 6.53. The molecular formula is C15H25BFNO3. The monoisotopic (exact) mass is 297 g/mol. The minimum absolute atomic E-state index is 0.0484. The standard InChI is InChI=1S/C15H25BFNO3/c1-11(19)18-9-6-7-12(8-10-18)13(17)16-20-14(2,3)15(4,5)21-16/h6-10H2,1-5H3. The van der Waals surface area contributed by atoms with E-state index < -0.39 is 18.3 Å². The molecule has 118 valence electrons. The Hall–Kier alpha value is -0.875. The van der Waals surface area contributed by atoms with Crippen LogP contribution in [0.5, 0.6) is 0 Å². The average molecular weight is 297 g/mol. The number of hydrogen-bond acceptors (Lipinski definition) is 3. The van der Waals surface area contributed by atoms with Crippen molar-refractivity contribution in [1.29, 1.82) is 0 Å². The van der Waals surface area contributed by atoms with Gasteiger partial charge >= 0.3 is 7.12 Å². The smallest absolute Gasteiger partial charge is 0.398 e. The van der Waals surface area contributed by atoms with Crippen molar-refractivity contribution < 1.29 is 18.5 Å². The van der Waals surface area contributed by atoms with Crippen LogP contribution in [0.4, 0.5) is 4.39 Å². The zero-order chi connectivity index (χ0) is 15.8. The molecule has 2 rings (SSSR count). The van der Waals surface area contributed by atoms with Crippen molar-refractivity contribution in [2.75, 3.05) is 13.1 Å². The Morgan fingerprint density at radius 1 is 1.14 bits per heavy atom. The zero-order valence-corrected chi connectivity index (χ0v) is 13.7. The lowest BCUT2D eigenvalue weighted by Gasteiger charge is -2.32. The Labute approximate surface area is 126 Å². The van der Waals surface area contributed by atoms with Gasteiger partial charge in [0.15, 0.2) is 0 Å². The molecular weight excluding hydrogens is 272 g/mol. The summed E-state index contributed by atoms with van der Waals surface area (Å²) in [5, 5.41) is 0. The van der Waals surface area contributed by atoms with Gasteiger partial charge in [-0.3, -0.25) is 4.79 Å². The molecule has 0 unspecified atom stereocenters. The molecule has 6 heteroatoms. The second-order valence-electron chi connectivity index (χ2n) is 6.90. The largest absolute Gasteiger partial charge is 0.525 e. The summed E-state index contributed by atoms with van der Waals surface area (Å²) in [5.41, 5.74) is -0.659. The van der Waals surface area contributed by atoms with Gasteiger partial charge in [-0.2, -0.15) is 0 Å². The fourth-order valence-electron chi connectivity index (χ4n) is 2.66. The second kappa shape index (κ2) is 5.73. The van der Waals surface area contributed by atoms with Gasteiger partial charge in [-0.1, -0.05) is 0 Å². The molecule has 0 radical (unpaired) electrons. The number of hydrogen-bond donors (Lipinski definition) is 0. The molecule has 0 saturated carbocycles. The fraction of sp³-hybridized carbons (Fsp3) is 0.800. The molecule has 2 saturated heterocycles. The van der Waals surface area contributed by atoms with E-state index in [1.165, 1.54) is 0 Å². The maximum Gasteiger partial charge on any atom is 0.525 e. The number of carbonyl (C=O) groups is 1. The molecule has 4 nitrogen and oxygen atoms in total. The van der Waals surface area contributed by atoms with Gasteiger partial charge in [-0.05, 0) is 52.5 Å². The lowest BCUT2D eigenvalue weighted by Crippen LogP contribution is -2.41. The van der Waals surface area contributed by atoms with Crippen LogP contribution in [0.1, 0.15) is 53.9 Å². The Morgan fingerprint density at radius 2 is 1.71 bits per heavy atom. The molecule has 0 aromatic heterocycles. The van der Waals surface area contributed by atoms with E-state index in [1.807, 2.05) is 27.7 Å². The van der Waals surface area contributed by atoms with Gasteiger partial charge in [0.25, 0.3) is 0 Å². The van der Waals surface area contributed by atoms with Crippen molar-refractivity contribution in [1.82, 2.24) is 4.90 Å². The first-order valence-electron chi connectivity index (χ1n) is 7.62. The molecule has 2 heterocycles. The minimum atomic E-state index is -0.922. The number of halogens is 1. The van der Waals surface area contributed by atoms with Gasteiger partial charge in [0.2, 0.25) is 5.91 Å². The molecule has 0 aromatic rings. The van der Waals surface area contributed by atoms with Crippen LogP contribution in [0.2, 0.25) is 0 Å². The lowest BCUT2D eigenvalue weighted by molar-refractivity contribution is -0.128. The Morgan fingerprint density at radius 3 is 2.24 bits per heavy atom. The number of carbonyl (C=O) groups excluding carboxylic acids is 1. The van der Waals surface area contributed by atoms with Gasteiger partial charge in [0, 0.05) is 20.0 Å². The van der Waals surface area contributed by atoms with Gasteiger partial charge < -0.3 is 14.2 Å². The van der Waals surface area contributed by atoms with E-state index in [2.05, 4.69) is 0 Å². The molecule has 0 atom stereocenters. The normalized spacial score (nSPS) is 27.5. The van der Waals surface area contributed by atoms with E-state index in [-0.39, 0.29) is 11.6 Å². The van der Waals surface area contributed by atoms with E-state index in [4.69, 9.17) is 9.31 Å². The summed E-state index contributed by atoms with van der Waals surface area (Å²) in [5.74, 6) is 0.0484. The van der Waals surface area contributed by atoms with Crippen LogP contribution in [0.3, 0.4) is 0 Å². The van der Waals surface area contributed by atoms with E-state index >= 15 is 0 Å². The lowest BCUT2D eigenvalue weighted by atomic mass is 9.83. The number of amides is 1. The number of rotatable bonds is 1. The van der Waals surface area contributed by atoms with E-state index in [0.29, 0.717) is 25.9 Å². The van der Waals surface area contributed by atoms with Crippen molar-refractivity contribution in [3.63, 3.8) is 0 Å². The van der Waals surface area contributed by atoms with Crippen molar-refractivity contribution in [3.05, 3.63) is 11.3 Å². The van der Waals surface area contributed by atoms with Gasteiger partial charge in [-0.25, -0.2) is 4.39 Å². The highest BCUT2D eigenvalue weighted by Gasteiger charge is 2.53. The van der Waals surface area contributed by atoms with Gasteiger partial charge in [0.05, 0.1) is 11.2 Å². The first kappa shape index (κ1) is 16.5. The summed E-state index contributed by atoms with van der Waals surface area (Å²) < 4.78 is 26.2. The number of nitrogens with zero attached hydrogens (tertiary/aromatic N) is 1. The second-order valence-corrected chi connectivity index (χ2v) is 6.90. The average Bonchev–Trinajstić information content (AvgIpc) is 2.57. The third-order valence-electron chi connectivity index (χ3n) is 4.83. The fourth-order valence-corrected chi connectivity index (χ4v) is 2.66. The molecule has 0 spiro atoms. The topological polar surface area (TPSA) is 38.8 Å². The van der Waals surface area contributed by atoms with Crippen molar-refractivity contribution >= 4 is 13.0 Å². The quantitative estimate of drug-likeness (QED) is 0.699. The predicted octanol–water partition coefficient (Wildman–Crippen LogP) is 2.87. The van der Waals surface area contributed by atoms with E-state index in [0.717, 1.165) is 12.0 Å². The summed E-state index contributed by atoms with van der Waals surface area (Å²) in [6.45, 7) is 10.5. The van der Waals surface area contributed by atoms with Crippen molar-refractivity contribution in [2.45, 2.75) is 65.1 Å². The molecule has 0 N–H and O–H groups in total. The highest BCUT2D eigenvalue weighted by Crippen LogP contribution is 2.40.